The van der Waals surface area contributed by atoms with Crippen LogP contribution in [0.4, 0.5) is 5.82 Å². The van der Waals surface area contributed by atoms with E-state index in [-0.39, 0.29) is 0 Å². The number of anilines is 1. The maximum absolute atomic E-state index is 9.40. The highest BCUT2D eigenvalue weighted by Gasteiger charge is 2.12. The zero-order valence-electron chi connectivity index (χ0n) is 9.85. The van der Waals surface area contributed by atoms with Crippen molar-refractivity contribution in [2.75, 3.05) is 18.0 Å². The van der Waals surface area contributed by atoms with Crippen molar-refractivity contribution in [2.24, 2.45) is 0 Å². The molecule has 0 saturated heterocycles. The van der Waals surface area contributed by atoms with E-state index in [1.165, 1.54) is 5.57 Å². The first-order chi connectivity index (χ1) is 7.66. The Hall–Kier alpha value is -1.35. The normalized spacial score (nSPS) is 18.2. The first-order valence-corrected chi connectivity index (χ1v) is 5.71. The number of nitrogens with zero attached hydrogens (tertiary/aromatic N) is 2. The Kier molecular flexibility index (Phi) is 3.25. The number of pyridine rings is 1. The Morgan fingerprint density at radius 1 is 1.44 bits per heavy atom. The Morgan fingerprint density at radius 2 is 2.25 bits per heavy atom. The van der Waals surface area contributed by atoms with Crippen LogP contribution in [0.25, 0.3) is 0 Å². The summed E-state index contributed by atoms with van der Waals surface area (Å²) in [6, 6.07) is 3.93. The zero-order chi connectivity index (χ0) is 11.5. The zero-order valence-corrected chi connectivity index (χ0v) is 9.85. The molecule has 0 aliphatic carbocycles. The Bertz CT molecular complexity index is 381. The maximum atomic E-state index is 9.40. The fourth-order valence-corrected chi connectivity index (χ4v) is 1.94. The minimum Gasteiger partial charge on any atom is -0.389 e. The van der Waals surface area contributed by atoms with Crippen molar-refractivity contribution in [3.8, 4) is 0 Å². The fourth-order valence-electron chi connectivity index (χ4n) is 1.94. The molecule has 0 bridgehead atoms. The van der Waals surface area contributed by atoms with E-state index in [4.69, 9.17) is 0 Å². The second-order valence-electron chi connectivity index (χ2n) is 4.39. The van der Waals surface area contributed by atoms with Gasteiger partial charge in [-0.25, -0.2) is 4.98 Å². The first kappa shape index (κ1) is 11.1. The van der Waals surface area contributed by atoms with Gasteiger partial charge in [0.2, 0.25) is 0 Å². The van der Waals surface area contributed by atoms with E-state index in [0.29, 0.717) is 0 Å². The lowest BCUT2D eigenvalue weighted by molar-refractivity contribution is 0.199. The predicted molar refractivity (Wildman–Crippen MR) is 65.5 cm³/mol. The summed E-state index contributed by atoms with van der Waals surface area (Å²) in [6.07, 6.45) is 4.68. The molecule has 1 aromatic heterocycles. The largest absolute Gasteiger partial charge is 0.389 e. The van der Waals surface area contributed by atoms with Gasteiger partial charge >= 0.3 is 0 Å². The first-order valence-electron chi connectivity index (χ1n) is 5.71. The van der Waals surface area contributed by atoms with Gasteiger partial charge in [0.05, 0.1) is 6.10 Å². The molecule has 86 valence electrons. The molecule has 1 aliphatic heterocycles. The molecule has 0 amide bonds. The smallest absolute Gasteiger partial charge is 0.128 e. The number of aliphatic hydroxyl groups is 1. The van der Waals surface area contributed by atoms with Crippen molar-refractivity contribution in [2.45, 2.75) is 26.4 Å². The van der Waals surface area contributed by atoms with Gasteiger partial charge in [0, 0.05) is 19.3 Å². The molecule has 3 nitrogen and oxygen atoms in total. The minimum absolute atomic E-state index is 0.440. The van der Waals surface area contributed by atoms with Gasteiger partial charge in [-0.05, 0) is 31.9 Å². The third-order valence-electron chi connectivity index (χ3n) is 2.91. The van der Waals surface area contributed by atoms with Crippen LogP contribution >= 0.6 is 0 Å². The lowest BCUT2D eigenvalue weighted by Gasteiger charge is -2.27. The summed E-state index contributed by atoms with van der Waals surface area (Å²) in [4.78, 5) is 6.66. The highest BCUT2D eigenvalue weighted by atomic mass is 16.3. The number of rotatable bonds is 2. The summed E-state index contributed by atoms with van der Waals surface area (Å²) in [5.74, 6) is 0.997. The molecule has 0 fully saturated rings. The summed E-state index contributed by atoms with van der Waals surface area (Å²) < 4.78 is 0. The summed E-state index contributed by atoms with van der Waals surface area (Å²) in [5, 5.41) is 9.40. The highest BCUT2D eigenvalue weighted by Crippen LogP contribution is 2.19. The molecular weight excluding hydrogens is 200 g/mol. The van der Waals surface area contributed by atoms with Gasteiger partial charge in [0.25, 0.3) is 0 Å². The van der Waals surface area contributed by atoms with Gasteiger partial charge in [-0.2, -0.15) is 0 Å². The van der Waals surface area contributed by atoms with Crippen LogP contribution in [0.3, 0.4) is 0 Å². The number of aromatic nitrogens is 1. The summed E-state index contributed by atoms with van der Waals surface area (Å²) in [5.41, 5.74) is 2.26. The average molecular weight is 218 g/mol. The highest BCUT2D eigenvalue weighted by molar-refractivity contribution is 5.42. The third kappa shape index (κ3) is 2.42. The fraction of sp³-hybridized carbons (Fsp3) is 0.462. The van der Waals surface area contributed by atoms with Crippen molar-refractivity contribution in [3.05, 3.63) is 35.5 Å². The van der Waals surface area contributed by atoms with Crippen LogP contribution in [0, 0.1) is 0 Å². The van der Waals surface area contributed by atoms with Gasteiger partial charge in [-0.15, -0.1) is 0 Å². The Labute approximate surface area is 96.4 Å². The quantitative estimate of drug-likeness (QED) is 0.774. The standard InChI is InChI=1S/C13H18N2O/c1-10-4-3-7-15(9-10)13-6-5-12(8-14-13)11(2)16/h4-6,8,11,16H,3,7,9H2,1-2H3. The SMILES string of the molecule is CC1=CCCN(c2ccc(C(C)O)cn2)C1. The monoisotopic (exact) mass is 218 g/mol. The van der Waals surface area contributed by atoms with E-state index in [1.54, 1.807) is 13.1 Å². The molecule has 0 spiro atoms. The van der Waals surface area contributed by atoms with E-state index in [9.17, 15) is 5.11 Å². The maximum Gasteiger partial charge on any atom is 0.128 e. The van der Waals surface area contributed by atoms with E-state index in [0.717, 1.165) is 30.9 Å². The van der Waals surface area contributed by atoms with Crippen LogP contribution < -0.4 is 4.90 Å². The van der Waals surface area contributed by atoms with Gasteiger partial charge in [0.1, 0.15) is 5.82 Å². The topological polar surface area (TPSA) is 36.4 Å². The molecule has 0 aromatic carbocycles. The van der Waals surface area contributed by atoms with Crippen molar-refractivity contribution in [3.63, 3.8) is 0 Å². The molecular formula is C13H18N2O. The Morgan fingerprint density at radius 3 is 2.81 bits per heavy atom. The second-order valence-corrected chi connectivity index (χ2v) is 4.39. The van der Waals surface area contributed by atoms with Gasteiger partial charge in [-0.1, -0.05) is 17.7 Å². The van der Waals surface area contributed by atoms with Crippen LogP contribution in [-0.2, 0) is 0 Å². The summed E-state index contributed by atoms with van der Waals surface area (Å²) in [6.45, 7) is 5.89. The van der Waals surface area contributed by atoms with E-state index >= 15 is 0 Å². The molecule has 0 saturated carbocycles. The second kappa shape index (κ2) is 4.66. The average Bonchev–Trinajstić information content (AvgIpc) is 2.29. The van der Waals surface area contributed by atoms with Crippen LogP contribution in [0.15, 0.2) is 30.0 Å². The predicted octanol–water partition coefficient (Wildman–Crippen LogP) is 2.29. The van der Waals surface area contributed by atoms with Crippen LogP contribution in [-0.4, -0.2) is 23.2 Å². The molecule has 1 unspecified atom stereocenters. The lowest BCUT2D eigenvalue weighted by Crippen LogP contribution is -2.29. The molecule has 16 heavy (non-hydrogen) atoms. The minimum atomic E-state index is -0.440. The number of hydrogen-bond donors (Lipinski definition) is 1. The number of hydrogen-bond acceptors (Lipinski definition) is 3. The molecule has 2 rings (SSSR count). The molecule has 1 N–H and O–H groups in total. The van der Waals surface area contributed by atoms with E-state index < -0.39 is 6.10 Å². The van der Waals surface area contributed by atoms with E-state index in [2.05, 4.69) is 22.9 Å². The van der Waals surface area contributed by atoms with Crippen molar-refractivity contribution in [1.29, 1.82) is 0 Å². The van der Waals surface area contributed by atoms with E-state index in [1.807, 2.05) is 12.1 Å². The molecule has 0 radical (unpaired) electrons. The number of aliphatic hydroxyl groups excluding tert-OH is 1. The van der Waals surface area contributed by atoms with Crippen LogP contribution in [0.5, 0.6) is 0 Å². The lowest BCUT2D eigenvalue weighted by atomic mass is 10.1. The third-order valence-corrected chi connectivity index (χ3v) is 2.91. The molecule has 2 heterocycles. The van der Waals surface area contributed by atoms with Crippen LogP contribution in [0.2, 0.25) is 0 Å². The van der Waals surface area contributed by atoms with Crippen molar-refractivity contribution >= 4 is 5.82 Å². The van der Waals surface area contributed by atoms with Crippen molar-refractivity contribution in [1.82, 2.24) is 4.98 Å². The molecule has 3 heteroatoms. The van der Waals surface area contributed by atoms with Gasteiger partial charge < -0.3 is 10.0 Å². The van der Waals surface area contributed by atoms with Gasteiger partial charge in [-0.3, -0.25) is 0 Å². The molecule has 1 aromatic rings. The Balaban J connectivity index is 2.13. The van der Waals surface area contributed by atoms with Crippen LogP contribution in [0.1, 0.15) is 31.9 Å². The summed E-state index contributed by atoms with van der Waals surface area (Å²) in [7, 11) is 0. The van der Waals surface area contributed by atoms with Gasteiger partial charge in [0.15, 0.2) is 0 Å². The van der Waals surface area contributed by atoms with Crippen molar-refractivity contribution < 1.29 is 5.11 Å². The molecule has 1 atom stereocenters. The summed E-state index contributed by atoms with van der Waals surface area (Å²) >= 11 is 0. The molecule has 1 aliphatic rings.